The Bertz CT molecular complexity index is 1550. The molecule has 0 bridgehead atoms. The summed E-state index contributed by atoms with van der Waals surface area (Å²) in [5, 5.41) is 3.89. The van der Waals surface area contributed by atoms with Crippen LogP contribution >= 0.6 is 11.8 Å². The highest BCUT2D eigenvalue weighted by molar-refractivity contribution is 7.99. The zero-order valence-electron chi connectivity index (χ0n) is 24.4. The number of nitrogens with one attached hydrogen (secondary N) is 1. The lowest BCUT2D eigenvalue weighted by Crippen LogP contribution is -2.43. The van der Waals surface area contributed by atoms with E-state index < -0.39 is 0 Å². The van der Waals surface area contributed by atoms with Crippen molar-refractivity contribution in [2.24, 2.45) is 0 Å². The van der Waals surface area contributed by atoms with Crippen molar-refractivity contribution in [2.75, 3.05) is 5.75 Å². The number of aromatic nitrogens is 2. The van der Waals surface area contributed by atoms with Crippen LogP contribution in [0.2, 0.25) is 0 Å². The second-order valence-corrected chi connectivity index (χ2v) is 12.7. The van der Waals surface area contributed by atoms with E-state index in [1.54, 1.807) is 0 Å². The Morgan fingerprint density at radius 3 is 2.24 bits per heavy atom. The van der Waals surface area contributed by atoms with Crippen LogP contribution in [-0.4, -0.2) is 21.2 Å². The predicted molar refractivity (Wildman–Crippen MR) is 171 cm³/mol. The van der Waals surface area contributed by atoms with E-state index in [1.807, 2.05) is 71.3 Å². The van der Waals surface area contributed by atoms with Crippen molar-refractivity contribution >= 4 is 17.7 Å². The molecule has 1 fully saturated rings. The van der Waals surface area contributed by atoms with Gasteiger partial charge in [0.1, 0.15) is 0 Å². The average Bonchev–Trinajstić information content (AvgIpc) is 3.03. The van der Waals surface area contributed by atoms with Gasteiger partial charge >= 0.3 is 0 Å². The van der Waals surface area contributed by atoms with Crippen molar-refractivity contribution < 1.29 is 4.79 Å². The number of carbonyl (C=O) groups excluding carboxylic acids is 1. The summed E-state index contributed by atoms with van der Waals surface area (Å²) in [6, 6.07) is 28.3. The van der Waals surface area contributed by atoms with Gasteiger partial charge in [0.15, 0.2) is 5.16 Å². The van der Waals surface area contributed by atoms with Crippen molar-refractivity contribution in [3.63, 3.8) is 0 Å². The Labute approximate surface area is 252 Å². The van der Waals surface area contributed by atoms with Crippen LogP contribution in [0.15, 0.2) is 94.9 Å². The Hall–Kier alpha value is -3.64. The Balaban J connectivity index is 1.34. The second kappa shape index (κ2) is 12.7. The molecule has 5 nitrogen and oxygen atoms in total. The lowest BCUT2D eigenvalue weighted by molar-refractivity contribution is -0.119. The number of hydrogen-bond acceptors (Lipinski definition) is 4. The zero-order chi connectivity index (χ0) is 28.9. The highest BCUT2D eigenvalue weighted by Crippen LogP contribution is 2.48. The van der Waals surface area contributed by atoms with Crippen LogP contribution < -0.4 is 10.9 Å². The number of nitrogens with zero attached hydrogens (tertiary/aromatic N) is 2. The van der Waals surface area contributed by atoms with Crippen LogP contribution in [0.1, 0.15) is 80.2 Å². The highest BCUT2D eigenvalue weighted by atomic mass is 32.2. The van der Waals surface area contributed by atoms with E-state index in [0.717, 1.165) is 72.9 Å². The minimum Gasteiger partial charge on any atom is -0.344 e. The molecule has 0 unspecified atom stereocenters. The molecule has 6 rings (SSSR count). The Morgan fingerprint density at radius 2 is 1.57 bits per heavy atom. The summed E-state index contributed by atoms with van der Waals surface area (Å²) in [5.74, 6) is 0.0937. The fourth-order valence-electron chi connectivity index (χ4n) is 6.83. The average molecular weight is 578 g/mol. The first-order valence-electron chi connectivity index (χ1n) is 15.4. The van der Waals surface area contributed by atoms with E-state index in [0.29, 0.717) is 11.7 Å². The molecule has 0 saturated heterocycles. The summed E-state index contributed by atoms with van der Waals surface area (Å²) < 4.78 is 1.87. The fourth-order valence-corrected chi connectivity index (χ4v) is 7.66. The third-order valence-electron chi connectivity index (χ3n) is 8.92. The van der Waals surface area contributed by atoms with Crippen molar-refractivity contribution in [1.82, 2.24) is 14.9 Å². The van der Waals surface area contributed by atoms with Crippen LogP contribution in [0.4, 0.5) is 0 Å². The Kier molecular flexibility index (Phi) is 8.61. The maximum absolute atomic E-state index is 14.4. The summed E-state index contributed by atoms with van der Waals surface area (Å²) in [6.07, 6.45) is 8.39. The number of fused-ring (bicyclic) bond motifs is 4. The number of benzene rings is 3. The number of unbranched alkanes of at least 4 members (excludes halogenated alkanes) is 1. The molecule has 3 aromatic carbocycles. The topological polar surface area (TPSA) is 64.0 Å². The monoisotopic (exact) mass is 577 g/mol. The molecular formula is C36H39N3O2S. The number of amides is 1. The maximum Gasteiger partial charge on any atom is 0.258 e. The van der Waals surface area contributed by atoms with Crippen LogP contribution in [0.25, 0.3) is 11.3 Å². The summed E-state index contributed by atoms with van der Waals surface area (Å²) in [7, 11) is 0. The van der Waals surface area contributed by atoms with Gasteiger partial charge in [0.05, 0.1) is 23.1 Å². The molecule has 4 aromatic rings. The number of rotatable bonds is 9. The van der Waals surface area contributed by atoms with E-state index in [2.05, 4.69) is 30.4 Å². The van der Waals surface area contributed by atoms with Gasteiger partial charge in [-0.2, -0.15) is 0 Å². The molecule has 0 atom stereocenters. The summed E-state index contributed by atoms with van der Waals surface area (Å²) >= 11 is 1.37. The zero-order valence-corrected chi connectivity index (χ0v) is 25.2. The molecule has 2 aliphatic rings. The van der Waals surface area contributed by atoms with Crippen molar-refractivity contribution in [3.05, 3.63) is 118 Å². The van der Waals surface area contributed by atoms with Crippen LogP contribution in [0, 0.1) is 0 Å². The van der Waals surface area contributed by atoms with E-state index in [9.17, 15) is 9.59 Å². The van der Waals surface area contributed by atoms with Crippen LogP contribution in [0.3, 0.4) is 0 Å². The van der Waals surface area contributed by atoms with Crippen LogP contribution in [-0.2, 0) is 23.2 Å². The summed E-state index contributed by atoms with van der Waals surface area (Å²) in [4.78, 5) is 33.1. The van der Waals surface area contributed by atoms with Crippen molar-refractivity contribution in [1.29, 1.82) is 0 Å². The van der Waals surface area contributed by atoms with Gasteiger partial charge < -0.3 is 5.32 Å². The van der Waals surface area contributed by atoms with Gasteiger partial charge in [-0.1, -0.05) is 129 Å². The molecule has 6 heteroatoms. The molecule has 1 amide bonds. The summed E-state index contributed by atoms with van der Waals surface area (Å²) in [6.45, 7) is 2.76. The number of hydrogen-bond donors (Lipinski definition) is 1. The van der Waals surface area contributed by atoms with Gasteiger partial charge in [-0.3, -0.25) is 14.2 Å². The molecule has 1 N–H and O–H groups in total. The maximum atomic E-state index is 14.4. The van der Waals surface area contributed by atoms with Gasteiger partial charge in [0.25, 0.3) is 5.56 Å². The smallest absolute Gasteiger partial charge is 0.258 e. The van der Waals surface area contributed by atoms with E-state index >= 15 is 0 Å². The molecule has 1 aromatic heterocycles. The molecule has 0 radical (unpaired) electrons. The molecule has 1 spiro atoms. The molecule has 42 heavy (non-hydrogen) atoms. The molecule has 0 aliphatic heterocycles. The predicted octanol–water partition coefficient (Wildman–Crippen LogP) is 7.47. The van der Waals surface area contributed by atoms with Crippen molar-refractivity contribution in [2.45, 2.75) is 81.4 Å². The first-order chi connectivity index (χ1) is 20.6. The Morgan fingerprint density at radius 1 is 0.929 bits per heavy atom. The number of thioether (sulfide) groups is 1. The normalized spacial score (nSPS) is 15.3. The quantitative estimate of drug-likeness (QED) is 0.166. The van der Waals surface area contributed by atoms with Gasteiger partial charge in [-0.25, -0.2) is 4.98 Å². The molecule has 216 valence electrons. The molecule has 1 saturated carbocycles. The standard InChI is InChI=1S/C36H39N3O2S/c1-2-3-23-39-34(41)31-33(29-20-12-11-19-28(29)24-36(31)21-13-6-14-22-36)38-35(39)42-25-30(40)37-32(26-15-7-4-8-16-26)27-17-9-5-10-18-27/h4-5,7-12,15-20,32H,2-3,6,13-14,21-25H2,1H3,(H,37,40). The lowest BCUT2D eigenvalue weighted by atomic mass is 9.62. The summed E-state index contributed by atoms with van der Waals surface area (Å²) in [5.41, 5.74) is 6.13. The first-order valence-corrected chi connectivity index (χ1v) is 16.3. The largest absolute Gasteiger partial charge is 0.344 e. The minimum absolute atomic E-state index is 0.0872. The third-order valence-corrected chi connectivity index (χ3v) is 9.89. The third kappa shape index (κ3) is 5.69. The second-order valence-electron chi connectivity index (χ2n) is 11.7. The van der Waals surface area contributed by atoms with Gasteiger partial charge in [-0.05, 0) is 42.4 Å². The molecular weight excluding hydrogens is 538 g/mol. The lowest BCUT2D eigenvalue weighted by Gasteiger charge is -2.42. The van der Waals surface area contributed by atoms with E-state index in [4.69, 9.17) is 4.98 Å². The van der Waals surface area contributed by atoms with Crippen LogP contribution in [0.5, 0.6) is 0 Å². The molecule has 1 heterocycles. The van der Waals surface area contributed by atoms with E-state index in [1.165, 1.54) is 23.7 Å². The van der Waals surface area contributed by atoms with Crippen molar-refractivity contribution in [3.8, 4) is 11.3 Å². The van der Waals surface area contributed by atoms with E-state index in [-0.39, 0.29) is 28.7 Å². The first kappa shape index (κ1) is 28.5. The van der Waals surface area contributed by atoms with Gasteiger partial charge in [0.2, 0.25) is 5.91 Å². The minimum atomic E-state index is -0.252. The SMILES string of the molecule is CCCCn1c(SCC(=O)NC(c2ccccc2)c2ccccc2)nc2c(c1=O)C1(CCCCC1)Cc1ccccc1-2. The van der Waals surface area contributed by atoms with Gasteiger partial charge in [-0.15, -0.1) is 0 Å². The van der Waals surface area contributed by atoms with Gasteiger partial charge in [0, 0.05) is 17.5 Å². The fraction of sp³-hybridized carbons (Fsp3) is 0.361. The number of carbonyl (C=O) groups is 1. The molecule has 2 aliphatic carbocycles. The highest BCUT2D eigenvalue weighted by Gasteiger charge is 2.43.